The average molecular weight is 495 g/mol. The van der Waals surface area contributed by atoms with E-state index >= 15 is 0 Å². The van der Waals surface area contributed by atoms with Crippen LogP contribution in [-0.2, 0) is 45.6 Å². The number of aromatic nitrogens is 3. The maximum absolute atomic E-state index is 8.27. The van der Waals surface area contributed by atoms with Crippen molar-refractivity contribution in [2.75, 3.05) is 0 Å². The van der Waals surface area contributed by atoms with Crippen LogP contribution in [0.2, 0.25) is 0 Å². The molecule has 8 heteroatoms. The number of allylic oxidation sites excluding steroid dienone is 1. The van der Waals surface area contributed by atoms with E-state index in [1.807, 2.05) is 31.3 Å². The molecule has 3 N–H and O–H groups in total. The SMILES string of the molecule is C=CC(CC)c1ncc([N-]N)s1.Cc1cc(-c2cnc3c(c2[NH-])CCC3)ccn1.[Y]. The summed E-state index contributed by atoms with van der Waals surface area (Å²) in [6, 6.07) is 3.96. The Bertz CT molecular complexity index is 988. The molecule has 0 aliphatic heterocycles. The van der Waals surface area contributed by atoms with E-state index in [0.717, 1.165) is 63.8 Å². The minimum Gasteiger partial charge on any atom is -0.698 e. The van der Waals surface area contributed by atoms with Crippen LogP contribution >= 0.6 is 11.3 Å². The summed E-state index contributed by atoms with van der Waals surface area (Å²) in [4.78, 5) is 12.9. The monoisotopic (exact) mass is 495 g/mol. The molecule has 1 aliphatic rings. The predicted molar refractivity (Wildman–Crippen MR) is 121 cm³/mol. The van der Waals surface area contributed by atoms with Crippen LogP contribution in [0, 0.1) is 6.92 Å². The van der Waals surface area contributed by atoms with Crippen LogP contribution in [0.1, 0.15) is 47.6 Å². The number of thiazole rings is 1. The molecule has 6 nitrogen and oxygen atoms in total. The van der Waals surface area contributed by atoms with Gasteiger partial charge in [0.2, 0.25) is 0 Å². The molecule has 155 valence electrons. The second-order valence-electron chi connectivity index (χ2n) is 6.93. The molecule has 3 aromatic rings. The fourth-order valence-corrected chi connectivity index (χ4v) is 4.29. The summed E-state index contributed by atoms with van der Waals surface area (Å²) in [5.74, 6) is 5.45. The Morgan fingerprint density at radius 1 is 1.30 bits per heavy atom. The zero-order valence-corrected chi connectivity index (χ0v) is 21.1. The molecule has 3 heterocycles. The van der Waals surface area contributed by atoms with Crippen molar-refractivity contribution in [2.45, 2.75) is 45.4 Å². The van der Waals surface area contributed by atoms with Gasteiger partial charge in [-0.2, -0.15) is 0 Å². The number of rotatable bonds is 5. The molecule has 3 aromatic heterocycles. The number of hydrogen-bond acceptors (Lipinski definition) is 5. The van der Waals surface area contributed by atoms with Gasteiger partial charge in [0.25, 0.3) is 0 Å². The molecule has 0 spiro atoms. The number of nitrogens with one attached hydrogen (secondary N) is 1. The second-order valence-corrected chi connectivity index (χ2v) is 7.97. The third-order valence-corrected chi connectivity index (χ3v) is 6.03. The minimum atomic E-state index is 0. The molecule has 1 atom stereocenters. The van der Waals surface area contributed by atoms with Crippen molar-refractivity contribution in [3.8, 4) is 11.1 Å². The Morgan fingerprint density at radius 3 is 2.73 bits per heavy atom. The van der Waals surface area contributed by atoms with Crippen molar-refractivity contribution in [1.82, 2.24) is 15.0 Å². The van der Waals surface area contributed by atoms with Crippen molar-refractivity contribution in [2.24, 2.45) is 5.84 Å². The Kier molecular flexibility index (Phi) is 9.56. The summed E-state index contributed by atoms with van der Waals surface area (Å²) in [5, 5.41) is 1.81. The molecular weight excluding hydrogens is 469 g/mol. The Morgan fingerprint density at radius 2 is 2.10 bits per heavy atom. The average Bonchev–Trinajstić information content (AvgIpc) is 3.40. The number of pyridine rings is 2. The molecule has 4 rings (SSSR count). The van der Waals surface area contributed by atoms with Crippen molar-refractivity contribution in [3.05, 3.63) is 76.5 Å². The van der Waals surface area contributed by atoms with Crippen LogP contribution in [-0.4, -0.2) is 15.0 Å². The van der Waals surface area contributed by atoms with Gasteiger partial charge in [-0.3, -0.25) is 15.0 Å². The number of nitrogens with two attached hydrogens (primary N) is 1. The van der Waals surface area contributed by atoms with Crippen molar-refractivity contribution in [3.63, 3.8) is 0 Å². The molecule has 1 unspecified atom stereocenters. The third kappa shape index (κ3) is 5.73. The first kappa shape index (κ1) is 24.6. The molecule has 30 heavy (non-hydrogen) atoms. The van der Waals surface area contributed by atoms with Crippen LogP contribution in [0.5, 0.6) is 0 Å². The van der Waals surface area contributed by atoms with E-state index in [1.165, 1.54) is 11.3 Å². The summed E-state index contributed by atoms with van der Waals surface area (Å²) < 4.78 is 0. The fraction of sp³-hybridized carbons (Fsp3) is 0.318. The van der Waals surface area contributed by atoms with Crippen LogP contribution in [0.4, 0.5) is 10.7 Å². The normalized spacial score (nSPS) is 12.8. The van der Waals surface area contributed by atoms with Crippen LogP contribution in [0.15, 0.2) is 43.4 Å². The summed E-state index contributed by atoms with van der Waals surface area (Å²) in [6.45, 7) is 7.82. The van der Waals surface area contributed by atoms with Gasteiger partial charge >= 0.3 is 0 Å². The number of hydrogen-bond donors (Lipinski definition) is 1. The van der Waals surface area contributed by atoms with E-state index in [0.29, 0.717) is 11.6 Å². The van der Waals surface area contributed by atoms with Gasteiger partial charge in [-0.15, -0.1) is 23.6 Å². The topological polar surface area (TPSA) is 103 Å². The molecule has 0 amide bonds. The molecule has 0 aromatic carbocycles. The molecular formula is C22H26N6SY-2. The van der Waals surface area contributed by atoms with Crippen LogP contribution in [0.3, 0.4) is 0 Å². The van der Waals surface area contributed by atoms with E-state index < -0.39 is 0 Å². The first-order chi connectivity index (χ1) is 14.1. The number of fused-ring (bicyclic) bond motifs is 1. The van der Waals surface area contributed by atoms with Gasteiger partial charge < -0.3 is 17.0 Å². The predicted octanol–water partition coefficient (Wildman–Crippen LogP) is 6.32. The van der Waals surface area contributed by atoms with E-state index in [-0.39, 0.29) is 32.7 Å². The zero-order valence-electron chi connectivity index (χ0n) is 17.4. The molecule has 0 bridgehead atoms. The van der Waals surface area contributed by atoms with E-state index in [4.69, 9.17) is 11.6 Å². The van der Waals surface area contributed by atoms with E-state index in [2.05, 4.69) is 33.9 Å². The van der Waals surface area contributed by atoms with Gasteiger partial charge in [-0.1, -0.05) is 18.0 Å². The first-order valence-corrected chi connectivity index (χ1v) is 10.5. The number of aryl methyl sites for hydroxylation is 2. The zero-order chi connectivity index (χ0) is 20.8. The van der Waals surface area contributed by atoms with Gasteiger partial charge in [0.1, 0.15) is 0 Å². The van der Waals surface area contributed by atoms with Gasteiger partial charge in [-0.25, -0.2) is 0 Å². The summed E-state index contributed by atoms with van der Waals surface area (Å²) >= 11 is 1.52. The molecule has 0 saturated heterocycles. The Balaban J connectivity index is 0.000000220. The largest absolute Gasteiger partial charge is 0.698 e. The molecule has 0 saturated carbocycles. The van der Waals surface area contributed by atoms with E-state index in [1.54, 1.807) is 12.4 Å². The van der Waals surface area contributed by atoms with Crippen molar-refractivity contribution >= 4 is 22.0 Å². The smallest absolute Gasteiger partial charge is 0.0981 e. The molecule has 1 radical (unpaired) electrons. The minimum absolute atomic E-state index is 0. The van der Waals surface area contributed by atoms with Crippen LogP contribution < -0.4 is 5.84 Å². The van der Waals surface area contributed by atoms with Gasteiger partial charge in [-0.05, 0) is 61.4 Å². The summed E-state index contributed by atoms with van der Waals surface area (Å²) in [5.41, 5.74) is 17.7. The van der Waals surface area contributed by atoms with Crippen molar-refractivity contribution < 1.29 is 32.7 Å². The Labute approximate surface area is 207 Å². The first-order valence-electron chi connectivity index (χ1n) is 9.71. The molecule has 1 aliphatic carbocycles. The summed E-state index contributed by atoms with van der Waals surface area (Å²) in [7, 11) is 0. The van der Waals surface area contributed by atoms with Gasteiger partial charge in [0, 0.05) is 68.6 Å². The second kappa shape index (κ2) is 11.7. The van der Waals surface area contributed by atoms with E-state index in [9.17, 15) is 0 Å². The van der Waals surface area contributed by atoms with Crippen LogP contribution in [0.25, 0.3) is 22.3 Å². The quantitative estimate of drug-likeness (QED) is 0.254. The fourth-order valence-electron chi connectivity index (χ4n) is 3.39. The van der Waals surface area contributed by atoms with Gasteiger partial charge in [0.05, 0.1) is 5.01 Å². The summed E-state index contributed by atoms with van der Waals surface area (Å²) in [6.07, 6.45) is 11.4. The standard InChI is InChI=1S/C14H14N3.C8H12N3S.Y/c1-9-7-10(5-6-16-9)12-8-17-13-4-2-3-11(13)14(12)15;1-3-6(4-2)8-10-5-7(11-9)12-8;/h5-8H,2-4H2,1H3,(H-,15,17);3,5-6H,1,4,9H2,2H3;/q2*-1;. The number of nitrogens with zero attached hydrogens (tertiary/aromatic N) is 4. The van der Waals surface area contributed by atoms with Crippen molar-refractivity contribution in [1.29, 1.82) is 0 Å². The van der Waals surface area contributed by atoms with Gasteiger partial charge in [0.15, 0.2) is 0 Å². The maximum Gasteiger partial charge on any atom is 0.0981 e. The maximum atomic E-state index is 8.27. The Hall–Kier alpha value is -1.67. The third-order valence-electron chi connectivity index (χ3n) is 5.00. The molecule has 0 fully saturated rings.